The van der Waals surface area contributed by atoms with Crippen LogP contribution in [-0.2, 0) is 13.1 Å². The molecule has 0 amide bonds. The molecule has 0 bridgehead atoms. The highest BCUT2D eigenvalue weighted by Gasteiger charge is 2.10. The second-order valence-electron chi connectivity index (χ2n) is 5.34. The van der Waals surface area contributed by atoms with Gasteiger partial charge in [-0.1, -0.05) is 19.9 Å². The highest BCUT2D eigenvalue weighted by molar-refractivity contribution is 5.86. The molecule has 18 heavy (non-hydrogen) atoms. The summed E-state index contributed by atoms with van der Waals surface area (Å²) in [6.07, 6.45) is 0. The Morgan fingerprint density at radius 3 is 2.56 bits per heavy atom. The Morgan fingerprint density at radius 2 is 1.94 bits per heavy atom. The molecule has 0 unspecified atom stereocenters. The minimum atomic E-state index is 0.531. The molecule has 0 fully saturated rings. The van der Waals surface area contributed by atoms with Crippen molar-refractivity contribution < 1.29 is 0 Å². The second-order valence-corrected chi connectivity index (χ2v) is 5.34. The Morgan fingerprint density at radius 1 is 1.22 bits per heavy atom. The molecular weight excluding hydrogens is 220 g/mol. The van der Waals surface area contributed by atoms with Crippen LogP contribution in [0.15, 0.2) is 18.2 Å². The molecule has 2 nitrogen and oxygen atoms in total. The summed E-state index contributed by atoms with van der Waals surface area (Å²) in [5.74, 6) is 0. The molecular formula is C16H24N2. The molecule has 0 saturated carbocycles. The quantitative estimate of drug-likeness (QED) is 0.866. The standard InChI is InChI=1S/C16H24N2/c1-6-18-13(5)12(4)15-9-14(7-8-16(15)18)10-17-11(2)3/h7-9,11,17H,6,10H2,1-5H3. The SMILES string of the molecule is CCn1c(C)c(C)c2cc(CNC(C)C)ccc21. The lowest BCUT2D eigenvalue weighted by Gasteiger charge is -2.09. The van der Waals surface area contributed by atoms with Gasteiger partial charge < -0.3 is 9.88 Å². The Hall–Kier alpha value is -1.28. The summed E-state index contributed by atoms with van der Waals surface area (Å²) in [5, 5.41) is 4.87. The minimum absolute atomic E-state index is 0.531. The van der Waals surface area contributed by atoms with E-state index in [0.29, 0.717) is 6.04 Å². The zero-order valence-electron chi connectivity index (χ0n) is 12.2. The Bertz CT molecular complexity index is 550. The highest BCUT2D eigenvalue weighted by Crippen LogP contribution is 2.26. The van der Waals surface area contributed by atoms with Crippen LogP contribution in [-0.4, -0.2) is 10.6 Å². The summed E-state index contributed by atoms with van der Waals surface area (Å²) in [7, 11) is 0. The number of hydrogen-bond acceptors (Lipinski definition) is 1. The van der Waals surface area contributed by atoms with Gasteiger partial charge in [0.2, 0.25) is 0 Å². The van der Waals surface area contributed by atoms with E-state index >= 15 is 0 Å². The van der Waals surface area contributed by atoms with Gasteiger partial charge in [0.05, 0.1) is 0 Å². The maximum atomic E-state index is 3.47. The summed E-state index contributed by atoms with van der Waals surface area (Å²) in [4.78, 5) is 0. The average Bonchev–Trinajstić information content (AvgIpc) is 2.59. The zero-order chi connectivity index (χ0) is 13.3. The first-order chi connectivity index (χ1) is 8.54. The van der Waals surface area contributed by atoms with Crippen molar-refractivity contribution in [3.8, 4) is 0 Å². The third kappa shape index (κ3) is 2.30. The molecule has 1 heterocycles. The van der Waals surface area contributed by atoms with E-state index in [4.69, 9.17) is 0 Å². The highest BCUT2D eigenvalue weighted by atomic mass is 15.0. The van der Waals surface area contributed by atoms with Crippen molar-refractivity contribution in [3.05, 3.63) is 35.0 Å². The van der Waals surface area contributed by atoms with Crippen LogP contribution < -0.4 is 5.32 Å². The van der Waals surface area contributed by atoms with Crippen molar-refractivity contribution >= 4 is 10.9 Å². The normalized spacial score (nSPS) is 11.7. The van der Waals surface area contributed by atoms with E-state index in [9.17, 15) is 0 Å². The number of benzene rings is 1. The summed E-state index contributed by atoms with van der Waals surface area (Å²) in [6, 6.07) is 7.36. The Labute approximate surface area is 110 Å². The van der Waals surface area contributed by atoms with Gasteiger partial charge in [-0.05, 0) is 44.0 Å². The molecule has 2 aromatic rings. The predicted octanol–water partition coefficient (Wildman–Crippen LogP) is 3.78. The van der Waals surface area contributed by atoms with E-state index in [0.717, 1.165) is 13.1 Å². The van der Waals surface area contributed by atoms with Crippen LogP contribution in [0.4, 0.5) is 0 Å². The van der Waals surface area contributed by atoms with Crippen LogP contribution >= 0.6 is 0 Å². The molecule has 0 aliphatic rings. The predicted molar refractivity (Wildman–Crippen MR) is 79.1 cm³/mol. The largest absolute Gasteiger partial charge is 0.345 e. The van der Waals surface area contributed by atoms with Crippen LogP contribution in [0.5, 0.6) is 0 Å². The summed E-state index contributed by atoms with van der Waals surface area (Å²) >= 11 is 0. The molecule has 1 aromatic carbocycles. The van der Waals surface area contributed by atoms with Crippen molar-refractivity contribution in [2.75, 3.05) is 0 Å². The van der Waals surface area contributed by atoms with Gasteiger partial charge in [-0.3, -0.25) is 0 Å². The van der Waals surface area contributed by atoms with Gasteiger partial charge in [-0.15, -0.1) is 0 Å². The maximum Gasteiger partial charge on any atom is 0.0485 e. The van der Waals surface area contributed by atoms with E-state index in [1.165, 1.54) is 27.7 Å². The van der Waals surface area contributed by atoms with Crippen molar-refractivity contribution in [3.63, 3.8) is 0 Å². The summed E-state index contributed by atoms with van der Waals surface area (Å²) in [5.41, 5.74) is 5.54. The molecule has 0 radical (unpaired) electrons. The topological polar surface area (TPSA) is 17.0 Å². The van der Waals surface area contributed by atoms with Crippen molar-refractivity contribution in [2.45, 2.75) is 53.8 Å². The molecule has 2 rings (SSSR count). The lowest BCUT2D eigenvalue weighted by molar-refractivity contribution is 0.589. The molecule has 0 saturated heterocycles. The monoisotopic (exact) mass is 244 g/mol. The number of hydrogen-bond donors (Lipinski definition) is 1. The fraction of sp³-hybridized carbons (Fsp3) is 0.500. The smallest absolute Gasteiger partial charge is 0.0485 e. The van der Waals surface area contributed by atoms with Crippen molar-refractivity contribution in [2.24, 2.45) is 0 Å². The fourth-order valence-electron chi connectivity index (χ4n) is 2.54. The lowest BCUT2D eigenvalue weighted by atomic mass is 10.1. The number of aromatic nitrogens is 1. The maximum absolute atomic E-state index is 3.47. The number of fused-ring (bicyclic) bond motifs is 1. The van der Waals surface area contributed by atoms with Crippen LogP contribution in [0.25, 0.3) is 10.9 Å². The molecule has 2 heteroatoms. The number of rotatable bonds is 4. The first-order valence-corrected chi connectivity index (χ1v) is 6.86. The van der Waals surface area contributed by atoms with E-state index in [1.807, 2.05) is 0 Å². The summed E-state index contributed by atoms with van der Waals surface area (Å²) in [6.45, 7) is 13.0. The van der Waals surface area contributed by atoms with Gasteiger partial charge in [0.1, 0.15) is 0 Å². The first kappa shape index (κ1) is 13.2. The third-order valence-electron chi connectivity index (χ3n) is 3.73. The Balaban J connectivity index is 2.42. The molecule has 0 aliphatic carbocycles. The number of nitrogens with zero attached hydrogens (tertiary/aromatic N) is 1. The van der Waals surface area contributed by atoms with Crippen molar-refractivity contribution in [1.82, 2.24) is 9.88 Å². The molecule has 1 N–H and O–H groups in total. The van der Waals surface area contributed by atoms with Crippen LogP contribution in [0.3, 0.4) is 0 Å². The lowest BCUT2D eigenvalue weighted by Crippen LogP contribution is -2.21. The molecule has 0 spiro atoms. The molecule has 0 atom stereocenters. The Kier molecular flexibility index (Phi) is 3.76. The van der Waals surface area contributed by atoms with Crippen molar-refractivity contribution in [1.29, 1.82) is 0 Å². The molecule has 0 aliphatic heterocycles. The van der Waals surface area contributed by atoms with Crippen LogP contribution in [0.1, 0.15) is 37.6 Å². The van der Waals surface area contributed by atoms with Gasteiger partial charge in [-0.25, -0.2) is 0 Å². The van der Waals surface area contributed by atoms with Crippen LogP contribution in [0.2, 0.25) is 0 Å². The van der Waals surface area contributed by atoms with Gasteiger partial charge in [0.25, 0.3) is 0 Å². The number of nitrogens with one attached hydrogen (secondary N) is 1. The molecule has 98 valence electrons. The zero-order valence-corrected chi connectivity index (χ0v) is 12.2. The molecule has 1 aromatic heterocycles. The van der Waals surface area contributed by atoms with Gasteiger partial charge in [0, 0.05) is 35.7 Å². The van der Waals surface area contributed by atoms with Crippen LogP contribution in [0, 0.1) is 13.8 Å². The number of aryl methyl sites for hydroxylation is 2. The van der Waals surface area contributed by atoms with E-state index in [1.54, 1.807) is 0 Å². The van der Waals surface area contributed by atoms with E-state index in [2.05, 4.69) is 62.7 Å². The summed E-state index contributed by atoms with van der Waals surface area (Å²) < 4.78 is 2.39. The average molecular weight is 244 g/mol. The second kappa shape index (κ2) is 5.15. The van der Waals surface area contributed by atoms with E-state index in [-0.39, 0.29) is 0 Å². The van der Waals surface area contributed by atoms with Gasteiger partial charge in [0.15, 0.2) is 0 Å². The van der Waals surface area contributed by atoms with Gasteiger partial charge >= 0.3 is 0 Å². The fourth-order valence-corrected chi connectivity index (χ4v) is 2.54. The third-order valence-corrected chi connectivity index (χ3v) is 3.73. The van der Waals surface area contributed by atoms with E-state index < -0.39 is 0 Å². The minimum Gasteiger partial charge on any atom is -0.345 e. The van der Waals surface area contributed by atoms with Gasteiger partial charge in [-0.2, -0.15) is 0 Å². The first-order valence-electron chi connectivity index (χ1n) is 6.86.